The van der Waals surface area contributed by atoms with Gasteiger partial charge < -0.3 is 14.0 Å². The van der Waals surface area contributed by atoms with E-state index in [4.69, 9.17) is 4.74 Å². The monoisotopic (exact) mass is 409 g/mol. The first kappa shape index (κ1) is 18.8. The van der Waals surface area contributed by atoms with Crippen molar-refractivity contribution in [3.05, 3.63) is 70.2 Å². The number of imidazole rings is 1. The number of hydrogen-bond donors (Lipinski definition) is 0. The van der Waals surface area contributed by atoms with Crippen molar-refractivity contribution in [2.45, 2.75) is 32.8 Å². The van der Waals surface area contributed by atoms with Crippen molar-refractivity contribution in [1.29, 1.82) is 0 Å². The van der Waals surface area contributed by atoms with Gasteiger partial charge in [0.15, 0.2) is 11.4 Å². The highest BCUT2D eigenvalue weighted by Crippen LogP contribution is 2.40. The summed E-state index contributed by atoms with van der Waals surface area (Å²) in [7, 11) is 0. The molecule has 2 aliphatic rings. The highest BCUT2D eigenvalue weighted by Gasteiger charge is 2.47. The van der Waals surface area contributed by atoms with E-state index in [0.717, 1.165) is 22.5 Å². The number of pyridine rings is 1. The van der Waals surface area contributed by atoms with Gasteiger partial charge in [-0.2, -0.15) is 0 Å². The Morgan fingerprint density at radius 3 is 2.63 bits per heavy atom. The highest BCUT2D eigenvalue weighted by atomic mass is 19.3. The SMILES string of the molecule is Cc1ccccc1[C@@H]1C=Cc2c(C(=O)N3CC(F)(F)C3)cn3c(C)c(C)nc3c2O1. The van der Waals surface area contributed by atoms with E-state index in [2.05, 4.69) is 4.98 Å². The standard InChI is InChI=1S/C23H21F2N3O2/c1-13-6-4-5-7-16(13)19-9-8-17-18(22(29)27-11-23(24,25)12-27)10-28-15(3)14(2)26-21(28)20(17)30-19/h4-10,19H,11-12H2,1-3H3/t19-/m0/s1. The van der Waals surface area contributed by atoms with Gasteiger partial charge in [0.25, 0.3) is 11.8 Å². The first-order chi connectivity index (χ1) is 14.2. The van der Waals surface area contributed by atoms with Crippen LogP contribution < -0.4 is 4.74 Å². The molecule has 4 heterocycles. The maximum atomic E-state index is 13.4. The zero-order chi connectivity index (χ0) is 21.2. The van der Waals surface area contributed by atoms with Crippen LogP contribution in [-0.4, -0.2) is 39.2 Å². The lowest BCUT2D eigenvalue weighted by Gasteiger charge is -2.39. The van der Waals surface area contributed by atoms with Gasteiger partial charge in [0.2, 0.25) is 0 Å². The molecule has 1 saturated heterocycles. The minimum atomic E-state index is -2.82. The first-order valence-electron chi connectivity index (χ1n) is 9.85. The van der Waals surface area contributed by atoms with E-state index < -0.39 is 24.9 Å². The van der Waals surface area contributed by atoms with Crippen molar-refractivity contribution in [3.63, 3.8) is 0 Å². The molecule has 1 aromatic carbocycles. The Hall–Kier alpha value is -3.22. The van der Waals surface area contributed by atoms with E-state index in [0.29, 0.717) is 22.5 Å². The van der Waals surface area contributed by atoms with Crippen LogP contribution in [0.4, 0.5) is 8.78 Å². The van der Waals surface area contributed by atoms with Crippen LogP contribution in [0.2, 0.25) is 0 Å². The van der Waals surface area contributed by atoms with Crippen LogP contribution in [-0.2, 0) is 0 Å². The number of aromatic nitrogens is 2. The van der Waals surface area contributed by atoms with Crippen LogP contribution in [0, 0.1) is 20.8 Å². The lowest BCUT2D eigenvalue weighted by Crippen LogP contribution is -2.58. The molecular formula is C23H21F2N3O2. The summed E-state index contributed by atoms with van der Waals surface area (Å²) in [5.41, 5.74) is 5.36. The molecule has 1 atom stereocenters. The summed E-state index contributed by atoms with van der Waals surface area (Å²) in [4.78, 5) is 18.8. The van der Waals surface area contributed by atoms with Gasteiger partial charge in [0.05, 0.1) is 24.3 Å². The number of nitrogens with zero attached hydrogens (tertiary/aromatic N) is 3. The summed E-state index contributed by atoms with van der Waals surface area (Å²) in [6.45, 7) is 4.70. The summed E-state index contributed by atoms with van der Waals surface area (Å²) < 4.78 is 34.9. The smallest absolute Gasteiger partial charge is 0.282 e. The average molecular weight is 409 g/mol. The van der Waals surface area contributed by atoms with Crippen LogP contribution in [0.25, 0.3) is 11.7 Å². The number of hydrogen-bond acceptors (Lipinski definition) is 3. The minimum Gasteiger partial charge on any atom is -0.477 e. The Bertz CT molecular complexity index is 1220. The number of aryl methyl sites for hydroxylation is 3. The number of halogens is 2. The maximum Gasteiger partial charge on any atom is 0.282 e. The number of carbonyl (C=O) groups is 1. The molecule has 0 saturated carbocycles. The van der Waals surface area contributed by atoms with Crippen LogP contribution in [0.3, 0.4) is 0 Å². The molecule has 0 N–H and O–H groups in total. The molecule has 5 rings (SSSR count). The zero-order valence-corrected chi connectivity index (χ0v) is 16.9. The first-order valence-corrected chi connectivity index (χ1v) is 9.85. The normalized spacial score (nSPS) is 19.4. The van der Waals surface area contributed by atoms with Crippen molar-refractivity contribution in [2.75, 3.05) is 13.1 Å². The van der Waals surface area contributed by atoms with Crippen LogP contribution >= 0.6 is 0 Å². The highest BCUT2D eigenvalue weighted by molar-refractivity contribution is 6.00. The van der Waals surface area contributed by atoms with Gasteiger partial charge in [-0.3, -0.25) is 4.79 Å². The van der Waals surface area contributed by atoms with E-state index in [1.165, 1.54) is 4.90 Å². The quantitative estimate of drug-likeness (QED) is 0.626. The van der Waals surface area contributed by atoms with Gasteiger partial charge in [0, 0.05) is 17.5 Å². The van der Waals surface area contributed by atoms with E-state index in [1.807, 2.05) is 61.6 Å². The fourth-order valence-corrected chi connectivity index (χ4v) is 4.09. The molecule has 2 aliphatic heterocycles. The van der Waals surface area contributed by atoms with Gasteiger partial charge in [-0.25, -0.2) is 13.8 Å². The van der Waals surface area contributed by atoms with E-state index in [1.54, 1.807) is 6.20 Å². The number of carbonyl (C=O) groups excluding carboxylic acids is 1. The Morgan fingerprint density at radius 1 is 1.20 bits per heavy atom. The summed E-state index contributed by atoms with van der Waals surface area (Å²) in [6.07, 6.45) is 5.11. The summed E-state index contributed by atoms with van der Waals surface area (Å²) in [6, 6.07) is 7.95. The number of benzene rings is 1. The van der Waals surface area contributed by atoms with Crippen LogP contribution in [0.5, 0.6) is 5.75 Å². The molecule has 2 aromatic heterocycles. The van der Waals surface area contributed by atoms with Gasteiger partial charge in [-0.1, -0.05) is 30.3 Å². The number of ether oxygens (including phenoxy) is 1. The number of rotatable bonds is 2. The van der Waals surface area contributed by atoms with Crippen molar-refractivity contribution in [1.82, 2.24) is 14.3 Å². The molecule has 7 heteroatoms. The maximum absolute atomic E-state index is 13.4. The predicted molar refractivity (Wildman–Crippen MR) is 109 cm³/mol. The van der Waals surface area contributed by atoms with Crippen molar-refractivity contribution >= 4 is 17.6 Å². The van der Waals surface area contributed by atoms with Crippen molar-refractivity contribution < 1.29 is 18.3 Å². The molecule has 0 radical (unpaired) electrons. The van der Waals surface area contributed by atoms with Crippen LogP contribution in [0.15, 0.2) is 36.5 Å². The predicted octanol–water partition coefficient (Wildman–Crippen LogP) is 4.50. The topological polar surface area (TPSA) is 46.8 Å². The second-order valence-corrected chi connectivity index (χ2v) is 8.03. The molecule has 5 nitrogen and oxygen atoms in total. The summed E-state index contributed by atoms with van der Waals surface area (Å²) >= 11 is 0. The Balaban J connectivity index is 1.64. The van der Waals surface area contributed by atoms with E-state index >= 15 is 0 Å². The van der Waals surface area contributed by atoms with Gasteiger partial charge >= 0.3 is 0 Å². The molecule has 0 spiro atoms. The molecule has 1 fully saturated rings. The largest absolute Gasteiger partial charge is 0.477 e. The van der Waals surface area contributed by atoms with Gasteiger partial charge in [-0.05, 0) is 38.0 Å². The van der Waals surface area contributed by atoms with Crippen molar-refractivity contribution in [2.24, 2.45) is 0 Å². The fraction of sp³-hybridized carbons (Fsp3) is 0.304. The Morgan fingerprint density at radius 2 is 1.93 bits per heavy atom. The van der Waals surface area contributed by atoms with Gasteiger partial charge in [0.1, 0.15) is 6.10 Å². The molecular weight excluding hydrogens is 388 g/mol. The third kappa shape index (κ3) is 2.80. The average Bonchev–Trinajstić information content (AvgIpc) is 2.99. The summed E-state index contributed by atoms with van der Waals surface area (Å²) in [5.74, 6) is -2.74. The summed E-state index contributed by atoms with van der Waals surface area (Å²) in [5, 5.41) is 0. The molecule has 0 unspecified atom stereocenters. The zero-order valence-electron chi connectivity index (χ0n) is 16.9. The number of amides is 1. The Kier molecular flexibility index (Phi) is 4.00. The molecule has 30 heavy (non-hydrogen) atoms. The van der Waals surface area contributed by atoms with Crippen LogP contribution in [0.1, 0.15) is 44.5 Å². The number of fused-ring (bicyclic) bond motifs is 3. The molecule has 0 bridgehead atoms. The molecule has 154 valence electrons. The third-order valence-electron chi connectivity index (χ3n) is 5.92. The molecule has 0 aliphatic carbocycles. The number of likely N-dealkylation sites (tertiary alicyclic amines) is 1. The second kappa shape index (κ2) is 6.39. The molecule has 3 aromatic rings. The van der Waals surface area contributed by atoms with E-state index in [-0.39, 0.29) is 6.10 Å². The Labute approximate surface area is 172 Å². The van der Waals surface area contributed by atoms with Crippen molar-refractivity contribution in [3.8, 4) is 5.75 Å². The fourth-order valence-electron chi connectivity index (χ4n) is 4.09. The lowest BCUT2D eigenvalue weighted by molar-refractivity contribution is -0.113. The second-order valence-electron chi connectivity index (χ2n) is 8.03. The van der Waals surface area contributed by atoms with E-state index in [9.17, 15) is 13.6 Å². The lowest BCUT2D eigenvalue weighted by atomic mass is 9.98. The van der Waals surface area contributed by atoms with Gasteiger partial charge in [-0.15, -0.1) is 0 Å². The minimum absolute atomic E-state index is 0.321. The molecule has 1 amide bonds. The third-order valence-corrected chi connectivity index (χ3v) is 5.92. The number of alkyl halides is 2.